The minimum absolute atomic E-state index is 0.147. The van der Waals surface area contributed by atoms with Crippen LogP contribution in [-0.2, 0) is 0 Å². The lowest BCUT2D eigenvalue weighted by Gasteiger charge is -2.12. The van der Waals surface area contributed by atoms with E-state index in [1.165, 1.54) is 6.33 Å². The number of ether oxygens (including phenoxy) is 3. The second-order valence-electron chi connectivity index (χ2n) is 7.61. The van der Waals surface area contributed by atoms with E-state index in [9.17, 15) is 4.79 Å². The SMILES string of the molecule is COc1cc2ncnc(Oc3ccc(-c4cccn(-c5cccc(Cl)c5)c4=O)cc3)c2cc1OC. The van der Waals surface area contributed by atoms with Gasteiger partial charge in [0.2, 0.25) is 5.88 Å². The quantitative estimate of drug-likeness (QED) is 0.297. The topological polar surface area (TPSA) is 75.5 Å². The van der Waals surface area contributed by atoms with Crippen LogP contribution in [0.4, 0.5) is 0 Å². The molecule has 0 saturated heterocycles. The maximum absolute atomic E-state index is 13.2. The number of nitrogens with zero attached hydrogens (tertiary/aromatic N) is 3. The van der Waals surface area contributed by atoms with Crippen molar-refractivity contribution in [1.82, 2.24) is 14.5 Å². The fraction of sp³-hybridized carbons (Fsp3) is 0.0741. The first kappa shape index (κ1) is 22.4. The van der Waals surface area contributed by atoms with Gasteiger partial charge in [0.1, 0.15) is 12.1 Å². The molecule has 0 N–H and O–H groups in total. The number of rotatable bonds is 6. The van der Waals surface area contributed by atoms with E-state index in [1.54, 1.807) is 67.4 Å². The van der Waals surface area contributed by atoms with Gasteiger partial charge in [0.15, 0.2) is 11.5 Å². The maximum Gasteiger partial charge on any atom is 0.262 e. The summed E-state index contributed by atoms with van der Waals surface area (Å²) in [5.41, 5.74) is 2.54. The standard InChI is InChI=1S/C27H20ClN3O4/c1-33-24-14-22-23(15-25(24)34-2)29-16-30-26(22)35-20-10-8-17(9-11-20)21-7-4-12-31(27(21)32)19-6-3-5-18(28)13-19/h3-16H,1-2H3. The van der Waals surface area contributed by atoms with Crippen molar-refractivity contribution < 1.29 is 14.2 Å². The number of hydrogen-bond donors (Lipinski definition) is 0. The second-order valence-corrected chi connectivity index (χ2v) is 8.04. The molecule has 0 fully saturated rings. The summed E-state index contributed by atoms with van der Waals surface area (Å²) in [5.74, 6) is 2.07. The summed E-state index contributed by atoms with van der Waals surface area (Å²) in [7, 11) is 3.14. The van der Waals surface area contributed by atoms with Crippen LogP contribution in [0.25, 0.3) is 27.7 Å². The van der Waals surface area contributed by atoms with Crippen LogP contribution >= 0.6 is 11.6 Å². The van der Waals surface area contributed by atoms with Crippen molar-refractivity contribution in [3.8, 4) is 39.9 Å². The van der Waals surface area contributed by atoms with Crippen LogP contribution in [0.3, 0.4) is 0 Å². The highest BCUT2D eigenvalue weighted by Crippen LogP contribution is 2.36. The van der Waals surface area contributed by atoms with E-state index in [1.807, 2.05) is 30.3 Å². The van der Waals surface area contributed by atoms with Crippen molar-refractivity contribution in [1.29, 1.82) is 0 Å². The molecule has 0 unspecified atom stereocenters. The molecule has 0 radical (unpaired) electrons. The van der Waals surface area contributed by atoms with Crippen LogP contribution in [0, 0.1) is 0 Å². The van der Waals surface area contributed by atoms with Crippen LogP contribution in [0.2, 0.25) is 5.02 Å². The first-order valence-electron chi connectivity index (χ1n) is 10.7. The zero-order valence-corrected chi connectivity index (χ0v) is 19.7. The summed E-state index contributed by atoms with van der Waals surface area (Å²) in [4.78, 5) is 21.7. The van der Waals surface area contributed by atoms with Crippen LogP contribution in [-0.4, -0.2) is 28.8 Å². The number of hydrogen-bond acceptors (Lipinski definition) is 6. The summed E-state index contributed by atoms with van der Waals surface area (Å²) in [6.07, 6.45) is 3.15. The van der Waals surface area contributed by atoms with Crippen molar-refractivity contribution in [3.05, 3.63) is 101 Å². The highest BCUT2D eigenvalue weighted by molar-refractivity contribution is 6.30. The number of methoxy groups -OCH3 is 2. The fourth-order valence-electron chi connectivity index (χ4n) is 3.80. The molecule has 3 aromatic carbocycles. The van der Waals surface area contributed by atoms with Crippen LogP contribution in [0.5, 0.6) is 23.1 Å². The Morgan fingerprint density at radius 3 is 2.37 bits per heavy atom. The number of aromatic nitrogens is 3. The molecule has 5 rings (SSSR count). The number of halogens is 1. The Labute approximate surface area is 206 Å². The van der Waals surface area contributed by atoms with E-state index >= 15 is 0 Å². The van der Waals surface area contributed by atoms with E-state index in [0.29, 0.717) is 50.3 Å². The fourth-order valence-corrected chi connectivity index (χ4v) is 3.98. The Kier molecular flexibility index (Phi) is 6.08. The molecule has 5 aromatic rings. The van der Waals surface area contributed by atoms with E-state index < -0.39 is 0 Å². The maximum atomic E-state index is 13.2. The smallest absolute Gasteiger partial charge is 0.262 e. The Bertz CT molecular complexity index is 1580. The molecule has 7 nitrogen and oxygen atoms in total. The average Bonchev–Trinajstić information content (AvgIpc) is 2.89. The predicted molar refractivity (Wildman–Crippen MR) is 135 cm³/mol. The van der Waals surface area contributed by atoms with E-state index in [4.69, 9.17) is 25.8 Å². The van der Waals surface area contributed by atoms with E-state index in [2.05, 4.69) is 9.97 Å². The van der Waals surface area contributed by atoms with Crippen LogP contribution in [0.1, 0.15) is 0 Å². The summed E-state index contributed by atoms with van der Waals surface area (Å²) in [6.45, 7) is 0. The molecular weight excluding hydrogens is 466 g/mol. The number of fused-ring (bicyclic) bond motifs is 1. The normalized spacial score (nSPS) is 10.8. The summed E-state index contributed by atoms with van der Waals surface area (Å²) in [5, 5.41) is 1.25. The molecule has 0 atom stereocenters. The number of benzene rings is 3. The van der Waals surface area contributed by atoms with Gasteiger partial charge in [-0.1, -0.05) is 29.8 Å². The van der Waals surface area contributed by atoms with Gasteiger partial charge in [0, 0.05) is 22.8 Å². The Balaban J connectivity index is 1.46. The van der Waals surface area contributed by atoms with Crippen molar-refractivity contribution in [2.75, 3.05) is 14.2 Å². The minimum atomic E-state index is -0.147. The van der Waals surface area contributed by atoms with Crippen molar-refractivity contribution in [2.24, 2.45) is 0 Å². The van der Waals surface area contributed by atoms with Gasteiger partial charge in [-0.3, -0.25) is 9.36 Å². The predicted octanol–water partition coefficient (Wildman–Crippen LogP) is 5.91. The van der Waals surface area contributed by atoms with Gasteiger partial charge in [-0.2, -0.15) is 0 Å². The molecule has 0 saturated carbocycles. The summed E-state index contributed by atoms with van der Waals surface area (Å²) in [6, 6.07) is 21.6. The second kappa shape index (κ2) is 9.48. The summed E-state index contributed by atoms with van der Waals surface area (Å²) >= 11 is 6.10. The lowest BCUT2D eigenvalue weighted by molar-refractivity contribution is 0.355. The molecule has 0 aliphatic heterocycles. The van der Waals surface area contributed by atoms with Crippen LogP contribution in [0.15, 0.2) is 90.1 Å². The monoisotopic (exact) mass is 485 g/mol. The molecule has 174 valence electrons. The molecule has 0 bridgehead atoms. The highest BCUT2D eigenvalue weighted by atomic mass is 35.5. The molecule has 2 heterocycles. The lowest BCUT2D eigenvalue weighted by atomic mass is 10.1. The molecule has 0 amide bonds. The van der Waals surface area contributed by atoms with Crippen molar-refractivity contribution >= 4 is 22.5 Å². The molecule has 8 heteroatoms. The molecule has 2 aromatic heterocycles. The molecular formula is C27H20ClN3O4. The van der Waals surface area contributed by atoms with Crippen molar-refractivity contribution in [2.45, 2.75) is 0 Å². The van der Waals surface area contributed by atoms with Gasteiger partial charge < -0.3 is 14.2 Å². The van der Waals surface area contributed by atoms with Gasteiger partial charge in [0.25, 0.3) is 5.56 Å². The molecule has 35 heavy (non-hydrogen) atoms. The molecule has 0 aliphatic rings. The third kappa shape index (κ3) is 4.41. The zero-order chi connectivity index (χ0) is 24.4. The largest absolute Gasteiger partial charge is 0.493 e. The zero-order valence-electron chi connectivity index (χ0n) is 18.9. The Hall–Kier alpha value is -4.36. The molecule has 0 spiro atoms. The first-order valence-corrected chi connectivity index (χ1v) is 11.1. The lowest BCUT2D eigenvalue weighted by Crippen LogP contribution is -2.19. The van der Waals surface area contributed by atoms with Crippen LogP contribution < -0.4 is 19.8 Å². The number of pyridine rings is 1. The minimum Gasteiger partial charge on any atom is -0.493 e. The van der Waals surface area contributed by atoms with Gasteiger partial charge in [-0.15, -0.1) is 0 Å². The van der Waals surface area contributed by atoms with Gasteiger partial charge >= 0.3 is 0 Å². The third-order valence-corrected chi connectivity index (χ3v) is 5.75. The summed E-state index contributed by atoms with van der Waals surface area (Å²) < 4.78 is 18.4. The molecule has 0 aliphatic carbocycles. The first-order chi connectivity index (χ1) is 17.1. The van der Waals surface area contributed by atoms with Gasteiger partial charge in [0.05, 0.1) is 30.8 Å². The van der Waals surface area contributed by atoms with Crippen molar-refractivity contribution in [3.63, 3.8) is 0 Å². The van der Waals surface area contributed by atoms with E-state index in [0.717, 1.165) is 5.56 Å². The Morgan fingerprint density at radius 1 is 0.857 bits per heavy atom. The van der Waals surface area contributed by atoms with Gasteiger partial charge in [-0.05, 0) is 54.1 Å². The van der Waals surface area contributed by atoms with E-state index in [-0.39, 0.29) is 5.56 Å². The third-order valence-electron chi connectivity index (χ3n) is 5.52. The van der Waals surface area contributed by atoms with Gasteiger partial charge in [-0.25, -0.2) is 9.97 Å². The average molecular weight is 486 g/mol. The highest BCUT2D eigenvalue weighted by Gasteiger charge is 2.13. The Morgan fingerprint density at radius 2 is 1.63 bits per heavy atom.